The summed E-state index contributed by atoms with van der Waals surface area (Å²) in [6, 6.07) is 16.1. The van der Waals surface area contributed by atoms with Gasteiger partial charge in [0.25, 0.3) is 0 Å². The van der Waals surface area contributed by atoms with Gasteiger partial charge in [-0.3, -0.25) is 9.36 Å². The summed E-state index contributed by atoms with van der Waals surface area (Å²) in [5.41, 5.74) is 5.35. The molecule has 1 aliphatic heterocycles. The standard InChI is InChI=1S/C24H21FN4OS/c1-3-20-15(2)29-23(30)21(31-24(29)26-20)13-17-14-28(19-7-5-4-6-8-19)27-22(17)16-9-11-18(25)12-10-16/h4-12,14,21H,3,13H2,1-2H3. The molecule has 0 saturated heterocycles. The van der Waals surface area contributed by atoms with Crippen LogP contribution in [0, 0.1) is 12.7 Å². The summed E-state index contributed by atoms with van der Waals surface area (Å²) in [7, 11) is 0. The third-order valence-corrected chi connectivity index (χ3v) is 6.72. The van der Waals surface area contributed by atoms with Crippen molar-refractivity contribution in [2.75, 3.05) is 0 Å². The topological polar surface area (TPSA) is 52.7 Å². The maximum Gasteiger partial charge on any atom is 0.246 e. The molecule has 0 amide bonds. The molecular weight excluding hydrogens is 411 g/mol. The van der Waals surface area contributed by atoms with Crippen molar-refractivity contribution in [3.8, 4) is 16.9 Å². The predicted octanol–water partition coefficient (Wildman–Crippen LogP) is 5.10. The highest BCUT2D eigenvalue weighted by molar-refractivity contribution is 8.00. The molecule has 0 spiro atoms. The second-order valence-corrected chi connectivity index (χ2v) is 8.72. The summed E-state index contributed by atoms with van der Waals surface area (Å²) in [5, 5.41) is 5.28. The molecule has 4 aromatic rings. The van der Waals surface area contributed by atoms with E-state index in [9.17, 15) is 9.18 Å². The molecule has 0 radical (unpaired) electrons. The van der Waals surface area contributed by atoms with Crippen LogP contribution >= 0.6 is 11.8 Å². The van der Waals surface area contributed by atoms with Gasteiger partial charge in [0.1, 0.15) is 5.82 Å². The number of halogens is 1. The van der Waals surface area contributed by atoms with Gasteiger partial charge in [-0.05, 0) is 56.2 Å². The highest BCUT2D eigenvalue weighted by Gasteiger charge is 2.36. The summed E-state index contributed by atoms with van der Waals surface area (Å²) in [4.78, 5) is 17.8. The van der Waals surface area contributed by atoms with Crippen molar-refractivity contribution < 1.29 is 9.18 Å². The Kier molecular flexibility index (Phi) is 4.98. The molecule has 1 unspecified atom stereocenters. The number of benzene rings is 2. The molecule has 3 heterocycles. The van der Waals surface area contributed by atoms with Gasteiger partial charge in [0, 0.05) is 23.0 Å². The highest BCUT2D eigenvalue weighted by atomic mass is 32.2. The van der Waals surface area contributed by atoms with Crippen LogP contribution in [0.2, 0.25) is 0 Å². The number of thioether (sulfide) groups is 1. The Labute approximate surface area is 183 Å². The first-order valence-electron chi connectivity index (χ1n) is 10.2. The van der Waals surface area contributed by atoms with Crippen molar-refractivity contribution in [2.45, 2.75) is 37.1 Å². The Morgan fingerprint density at radius 2 is 1.84 bits per heavy atom. The van der Waals surface area contributed by atoms with E-state index in [-0.39, 0.29) is 17.0 Å². The number of hydrogen-bond acceptors (Lipinski definition) is 4. The lowest BCUT2D eigenvalue weighted by Crippen LogP contribution is -2.21. The van der Waals surface area contributed by atoms with Gasteiger partial charge in [0.2, 0.25) is 5.91 Å². The number of nitrogens with zero attached hydrogens (tertiary/aromatic N) is 4. The lowest BCUT2D eigenvalue weighted by molar-refractivity contribution is 0.0907. The number of aryl methyl sites for hydroxylation is 1. The van der Waals surface area contributed by atoms with Gasteiger partial charge in [-0.2, -0.15) is 5.10 Å². The number of aromatic nitrogens is 4. The van der Waals surface area contributed by atoms with E-state index in [1.54, 1.807) is 16.7 Å². The number of carbonyl (C=O) groups excluding carboxylic acids is 1. The lowest BCUT2D eigenvalue weighted by Gasteiger charge is -2.08. The number of rotatable bonds is 5. The quantitative estimate of drug-likeness (QED) is 0.440. The Hall–Kier alpha value is -3.19. The van der Waals surface area contributed by atoms with Crippen LogP contribution < -0.4 is 0 Å². The third kappa shape index (κ3) is 3.49. The molecule has 0 aliphatic carbocycles. The van der Waals surface area contributed by atoms with Gasteiger partial charge in [0.15, 0.2) is 5.16 Å². The summed E-state index contributed by atoms with van der Waals surface area (Å²) in [5.74, 6) is -0.232. The molecule has 5 rings (SSSR count). The maximum absolute atomic E-state index is 13.5. The maximum atomic E-state index is 13.5. The third-order valence-electron chi connectivity index (χ3n) is 5.59. The van der Waals surface area contributed by atoms with Crippen LogP contribution in [0.4, 0.5) is 4.39 Å². The molecule has 7 heteroatoms. The first-order chi connectivity index (χ1) is 15.0. The van der Waals surface area contributed by atoms with Crippen LogP contribution in [-0.4, -0.2) is 30.5 Å². The number of hydrogen-bond donors (Lipinski definition) is 0. The molecule has 1 aliphatic rings. The minimum Gasteiger partial charge on any atom is -0.273 e. The van der Waals surface area contributed by atoms with Gasteiger partial charge in [-0.1, -0.05) is 36.9 Å². The minimum absolute atomic E-state index is 0.0576. The smallest absolute Gasteiger partial charge is 0.246 e. The summed E-state index contributed by atoms with van der Waals surface area (Å²) >= 11 is 1.51. The van der Waals surface area contributed by atoms with Crippen LogP contribution in [-0.2, 0) is 12.8 Å². The molecule has 2 aromatic heterocycles. The molecule has 2 aromatic carbocycles. The van der Waals surface area contributed by atoms with E-state index in [1.165, 1.54) is 23.9 Å². The van der Waals surface area contributed by atoms with E-state index in [1.807, 2.05) is 55.1 Å². The average Bonchev–Trinajstić information content (AvgIpc) is 3.44. The van der Waals surface area contributed by atoms with Crippen molar-refractivity contribution in [3.63, 3.8) is 0 Å². The fourth-order valence-electron chi connectivity index (χ4n) is 3.97. The van der Waals surface area contributed by atoms with Crippen LogP contribution in [0.1, 0.15) is 28.7 Å². The van der Waals surface area contributed by atoms with Crippen molar-refractivity contribution in [2.24, 2.45) is 0 Å². The van der Waals surface area contributed by atoms with E-state index in [2.05, 4.69) is 4.98 Å². The fourth-order valence-corrected chi connectivity index (χ4v) is 5.18. The van der Waals surface area contributed by atoms with E-state index < -0.39 is 0 Å². The Morgan fingerprint density at radius 3 is 2.52 bits per heavy atom. The van der Waals surface area contributed by atoms with Gasteiger partial charge in [-0.25, -0.2) is 14.1 Å². The van der Waals surface area contributed by atoms with Crippen molar-refractivity contribution >= 4 is 17.7 Å². The molecule has 156 valence electrons. The minimum atomic E-state index is -0.290. The Morgan fingerprint density at radius 1 is 1.10 bits per heavy atom. The van der Waals surface area contributed by atoms with Gasteiger partial charge in [-0.15, -0.1) is 0 Å². The van der Waals surface area contributed by atoms with E-state index in [4.69, 9.17) is 5.10 Å². The molecule has 0 N–H and O–H groups in total. The number of carbonyl (C=O) groups is 1. The van der Waals surface area contributed by atoms with E-state index in [0.29, 0.717) is 6.42 Å². The summed E-state index contributed by atoms with van der Waals surface area (Å²) in [6.07, 6.45) is 3.30. The monoisotopic (exact) mass is 432 g/mol. The first-order valence-corrected chi connectivity index (χ1v) is 11.1. The van der Waals surface area contributed by atoms with E-state index >= 15 is 0 Å². The summed E-state index contributed by atoms with van der Waals surface area (Å²) in [6.45, 7) is 4.00. The molecule has 0 saturated carbocycles. The highest BCUT2D eigenvalue weighted by Crippen LogP contribution is 2.37. The second kappa shape index (κ2) is 7.81. The molecular formula is C24H21FN4OS. The second-order valence-electron chi connectivity index (χ2n) is 7.55. The van der Waals surface area contributed by atoms with Crippen LogP contribution in [0.15, 0.2) is 66.0 Å². The largest absolute Gasteiger partial charge is 0.273 e. The number of imidazole rings is 1. The first kappa shape index (κ1) is 19.8. The average molecular weight is 433 g/mol. The van der Waals surface area contributed by atoms with Crippen molar-refractivity contribution in [1.29, 1.82) is 0 Å². The Balaban J connectivity index is 1.51. The van der Waals surface area contributed by atoms with Crippen LogP contribution in [0.3, 0.4) is 0 Å². The zero-order valence-electron chi connectivity index (χ0n) is 17.2. The lowest BCUT2D eigenvalue weighted by atomic mass is 10.0. The predicted molar refractivity (Wildman–Crippen MR) is 119 cm³/mol. The normalized spacial score (nSPS) is 15.5. The zero-order valence-corrected chi connectivity index (χ0v) is 18.1. The van der Waals surface area contributed by atoms with Crippen LogP contribution in [0.5, 0.6) is 0 Å². The van der Waals surface area contributed by atoms with E-state index in [0.717, 1.165) is 45.5 Å². The zero-order chi connectivity index (χ0) is 21.5. The summed E-state index contributed by atoms with van der Waals surface area (Å²) < 4.78 is 17.0. The van der Waals surface area contributed by atoms with Gasteiger partial charge in [0.05, 0.1) is 22.3 Å². The number of para-hydroxylation sites is 1. The van der Waals surface area contributed by atoms with Crippen LogP contribution in [0.25, 0.3) is 16.9 Å². The SMILES string of the molecule is CCc1nc2n(c1C)C(=O)C(Cc1cn(-c3ccccc3)nc1-c1ccc(F)cc1)S2. The Bertz CT molecular complexity index is 1260. The van der Waals surface area contributed by atoms with Gasteiger partial charge >= 0.3 is 0 Å². The van der Waals surface area contributed by atoms with Crippen molar-refractivity contribution in [3.05, 3.63) is 83.6 Å². The fraction of sp³-hybridized carbons (Fsp3) is 0.208. The number of fused-ring (bicyclic) bond motifs is 1. The molecule has 31 heavy (non-hydrogen) atoms. The molecule has 5 nitrogen and oxygen atoms in total. The van der Waals surface area contributed by atoms with Gasteiger partial charge < -0.3 is 0 Å². The molecule has 0 bridgehead atoms. The molecule has 0 fully saturated rings. The van der Waals surface area contributed by atoms with Crippen molar-refractivity contribution in [1.82, 2.24) is 19.3 Å². The molecule has 1 atom stereocenters.